The van der Waals surface area contributed by atoms with Gasteiger partial charge in [0.25, 0.3) is 0 Å². The van der Waals surface area contributed by atoms with Crippen molar-refractivity contribution in [3.63, 3.8) is 0 Å². The highest BCUT2D eigenvalue weighted by molar-refractivity contribution is 5.82. The number of aryl methyl sites for hydroxylation is 1. The Hall–Kier alpha value is -3.74. The number of ether oxygens (including phenoxy) is 1. The first kappa shape index (κ1) is 24.4. The van der Waals surface area contributed by atoms with E-state index in [4.69, 9.17) is 4.74 Å². The minimum absolute atomic E-state index is 0.0816. The quantitative estimate of drug-likeness (QED) is 0.368. The fourth-order valence-electron chi connectivity index (χ4n) is 3.79. The summed E-state index contributed by atoms with van der Waals surface area (Å²) in [7, 11) is 0. The van der Waals surface area contributed by atoms with Gasteiger partial charge in [-0.2, -0.15) is 5.10 Å². The molecular formula is C28H29F2N3O2. The standard InChI is InChI=1S/C28H29F2N3O2/c1-18-13-22(30)6-5-19(18)14-23(32-27(34)28(2,3)4)17-35-25-11-12-26-20(15-25)16-31-33(26)24-9-7-21(29)8-10-24/h5-13,15-16,23H,14,17H2,1-4H3,(H,32,34)/t23-/m0/s1. The molecule has 0 saturated carbocycles. The van der Waals surface area contributed by atoms with Gasteiger partial charge in [0.1, 0.15) is 24.0 Å². The Morgan fingerprint density at radius 1 is 1.03 bits per heavy atom. The van der Waals surface area contributed by atoms with Crippen LogP contribution in [-0.2, 0) is 11.2 Å². The van der Waals surface area contributed by atoms with Crippen molar-refractivity contribution in [2.75, 3.05) is 6.61 Å². The molecule has 0 aliphatic heterocycles. The van der Waals surface area contributed by atoms with E-state index in [9.17, 15) is 13.6 Å². The maximum absolute atomic E-state index is 13.6. The van der Waals surface area contributed by atoms with Crippen molar-refractivity contribution < 1.29 is 18.3 Å². The lowest BCUT2D eigenvalue weighted by atomic mass is 9.94. The zero-order valence-electron chi connectivity index (χ0n) is 20.3. The third-order valence-corrected chi connectivity index (χ3v) is 5.85. The highest BCUT2D eigenvalue weighted by atomic mass is 19.1. The summed E-state index contributed by atoms with van der Waals surface area (Å²) >= 11 is 0. The fourth-order valence-corrected chi connectivity index (χ4v) is 3.79. The highest BCUT2D eigenvalue weighted by Gasteiger charge is 2.25. The van der Waals surface area contributed by atoms with Gasteiger partial charge in [-0.1, -0.05) is 26.8 Å². The van der Waals surface area contributed by atoms with Crippen molar-refractivity contribution in [2.45, 2.75) is 40.2 Å². The molecule has 1 heterocycles. The molecule has 0 fully saturated rings. The number of hydrogen-bond acceptors (Lipinski definition) is 3. The van der Waals surface area contributed by atoms with E-state index in [0.717, 1.165) is 27.7 Å². The molecule has 1 aromatic heterocycles. The molecule has 0 spiro atoms. The summed E-state index contributed by atoms with van der Waals surface area (Å²) in [5, 5.41) is 8.37. The Morgan fingerprint density at radius 2 is 1.74 bits per heavy atom. The minimum atomic E-state index is -0.552. The van der Waals surface area contributed by atoms with E-state index in [1.807, 2.05) is 45.9 Å². The molecule has 0 saturated heterocycles. The smallest absolute Gasteiger partial charge is 0.225 e. The van der Waals surface area contributed by atoms with Crippen molar-refractivity contribution in [2.24, 2.45) is 5.41 Å². The Morgan fingerprint density at radius 3 is 2.43 bits per heavy atom. The predicted octanol–water partition coefficient (Wildman–Crippen LogP) is 5.76. The Kier molecular flexibility index (Phi) is 6.87. The number of carbonyl (C=O) groups is 1. The number of benzene rings is 3. The van der Waals surface area contributed by atoms with Gasteiger partial charge in [-0.05, 0) is 79.1 Å². The van der Waals surface area contributed by atoms with E-state index < -0.39 is 5.41 Å². The SMILES string of the molecule is Cc1cc(F)ccc1C[C@@H](COc1ccc2c(cnn2-c2ccc(F)cc2)c1)NC(=O)C(C)(C)C. The Labute approximate surface area is 203 Å². The van der Waals surface area contributed by atoms with Crippen molar-refractivity contribution >= 4 is 16.8 Å². The third kappa shape index (κ3) is 5.85. The molecule has 3 aromatic carbocycles. The predicted molar refractivity (Wildman–Crippen MR) is 133 cm³/mol. The number of carbonyl (C=O) groups excluding carboxylic acids is 1. The van der Waals surface area contributed by atoms with Crippen LogP contribution in [-0.4, -0.2) is 28.3 Å². The first-order chi connectivity index (χ1) is 16.6. The fraction of sp³-hybridized carbons (Fsp3) is 0.286. The number of halogens is 2. The number of fused-ring (bicyclic) bond motifs is 1. The van der Waals surface area contributed by atoms with E-state index >= 15 is 0 Å². The molecule has 4 rings (SSSR count). The van der Waals surface area contributed by atoms with Crippen molar-refractivity contribution in [1.82, 2.24) is 15.1 Å². The van der Waals surface area contributed by atoms with Crippen LogP contribution < -0.4 is 10.1 Å². The number of hydrogen-bond donors (Lipinski definition) is 1. The van der Waals surface area contributed by atoms with Crippen molar-refractivity contribution in [3.8, 4) is 11.4 Å². The summed E-state index contributed by atoms with van der Waals surface area (Å²) in [4.78, 5) is 12.7. The highest BCUT2D eigenvalue weighted by Crippen LogP contribution is 2.24. The van der Waals surface area contributed by atoms with Gasteiger partial charge in [-0.15, -0.1) is 0 Å². The summed E-state index contributed by atoms with van der Waals surface area (Å²) in [5.41, 5.74) is 2.85. The van der Waals surface area contributed by atoms with Crippen LogP contribution in [0.25, 0.3) is 16.6 Å². The zero-order chi connectivity index (χ0) is 25.2. The molecule has 4 aromatic rings. The molecule has 7 heteroatoms. The summed E-state index contributed by atoms with van der Waals surface area (Å²) in [6.45, 7) is 7.67. The maximum Gasteiger partial charge on any atom is 0.225 e. The van der Waals surface area contributed by atoms with Gasteiger partial charge in [0.15, 0.2) is 0 Å². The molecule has 35 heavy (non-hydrogen) atoms. The van der Waals surface area contributed by atoms with Crippen LogP contribution in [0, 0.1) is 24.0 Å². The van der Waals surface area contributed by atoms with Gasteiger partial charge in [-0.25, -0.2) is 13.5 Å². The molecule has 0 bridgehead atoms. The molecule has 0 unspecified atom stereocenters. The van der Waals surface area contributed by atoms with Gasteiger partial charge >= 0.3 is 0 Å². The second-order valence-electron chi connectivity index (χ2n) is 9.76. The van der Waals surface area contributed by atoms with Crippen LogP contribution in [0.4, 0.5) is 8.78 Å². The molecule has 0 aliphatic carbocycles. The maximum atomic E-state index is 13.6. The van der Waals surface area contributed by atoms with Gasteiger partial charge in [-0.3, -0.25) is 4.79 Å². The van der Waals surface area contributed by atoms with Gasteiger partial charge in [0, 0.05) is 10.8 Å². The number of nitrogens with one attached hydrogen (secondary N) is 1. The van der Waals surface area contributed by atoms with Crippen LogP contribution in [0.5, 0.6) is 5.75 Å². The zero-order valence-corrected chi connectivity index (χ0v) is 20.3. The molecule has 0 aliphatic rings. The lowest BCUT2D eigenvalue weighted by molar-refractivity contribution is -0.129. The third-order valence-electron chi connectivity index (χ3n) is 5.85. The monoisotopic (exact) mass is 477 g/mol. The minimum Gasteiger partial charge on any atom is -0.491 e. The molecule has 182 valence electrons. The van der Waals surface area contributed by atoms with Crippen LogP contribution in [0.15, 0.2) is 66.9 Å². The number of nitrogens with zero attached hydrogens (tertiary/aromatic N) is 2. The van der Waals surface area contributed by atoms with Gasteiger partial charge < -0.3 is 10.1 Å². The van der Waals surface area contributed by atoms with Crippen LogP contribution >= 0.6 is 0 Å². The number of aromatic nitrogens is 2. The van der Waals surface area contributed by atoms with Crippen LogP contribution in [0.2, 0.25) is 0 Å². The Bertz CT molecular complexity index is 1340. The first-order valence-electron chi connectivity index (χ1n) is 11.5. The van der Waals surface area contributed by atoms with Crippen molar-refractivity contribution in [1.29, 1.82) is 0 Å². The molecule has 1 N–H and O–H groups in total. The van der Waals surface area contributed by atoms with Gasteiger partial charge in [0.2, 0.25) is 5.91 Å². The largest absolute Gasteiger partial charge is 0.491 e. The second-order valence-corrected chi connectivity index (χ2v) is 9.76. The van der Waals surface area contributed by atoms with Crippen LogP contribution in [0.3, 0.4) is 0 Å². The van der Waals surface area contributed by atoms with E-state index in [2.05, 4.69) is 10.4 Å². The summed E-state index contributed by atoms with van der Waals surface area (Å²) in [5.74, 6) is -0.0269. The first-order valence-corrected chi connectivity index (χ1v) is 11.5. The van der Waals surface area contributed by atoms with Gasteiger partial charge in [0.05, 0.1) is 23.4 Å². The summed E-state index contributed by atoms with van der Waals surface area (Å²) in [6, 6.07) is 16.1. The number of amides is 1. The lowest BCUT2D eigenvalue weighted by Crippen LogP contribution is -2.45. The molecule has 1 atom stereocenters. The van der Waals surface area contributed by atoms with E-state index in [1.54, 1.807) is 29.1 Å². The summed E-state index contributed by atoms with van der Waals surface area (Å²) in [6.07, 6.45) is 2.24. The van der Waals surface area contributed by atoms with E-state index in [1.165, 1.54) is 24.3 Å². The molecular weight excluding hydrogens is 448 g/mol. The second kappa shape index (κ2) is 9.86. The Balaban J connectivity index is 1.52. The number of rotatable bonds is 7. The topological polar surface area (TPSA) is 56.1 Å². The lowest BCUT2D eigenvalue weighted by Gasteiger charge is -2.25. The van der Waals surface area contributed by atoms with E-state index in [-0.39, 0.29) is 30.2 Å². The van der Waals surface area contributed by atoms with Crippen molar-refractivity contribution in [3.05, 3.63) is 89.6 Å². The molecule has 0 radical (unpaired) electrons. The molecule has 5 nitrogen and oxygen atoms in total. The average molecular weight is 478 g/mol. The van der Waals surface area contributed by atoms with E-state index in [0.29, 0.717) is 12.2 Å². The average Bonchev–Trinajstić information content (AvgIpc) is 3.22. The summed E-state index contributed by atoms with van der Waals surface area (Å²) < 4.78 is 34.7. The normalized spacial score (nSPS) is 12.5. The molecule has 1 amide bonds. The van der Waals surface area contributed by atoms with Crippen LogP contribution in [0.1, 0.15) is 31.9 Å².